The van der Waals surface area contributed by atoms with Crippen LogP contribution in [0.3, 0.4) is 0 Å². The number of hydrogen-bond acceptors (Lipinski definition) is 4. The van der Waals surface area contributed by atoms with Gasteiger partial charge in [0.1, 0.15) is 11.5 Å². The molecule has 4 heteroatoms. The minimum Gasteiger partial charge on any atom is -0.496 e. The maximum absolute atomic E-state index is 12.0. The van der Waals surface area contributed by atoms with Crippen LogP contribution in [-0.2, 0) is 6.42 Å². The van der Waals surface area contributed by atoms with Gasteiger partial charge in [0, 0.05) is 0 Å². The molecule has 0 aliphatic heterocycles. The minimum atomic E-state index is -0.255. The molecule has 18 heavy (non-hydrogen) atoms. The molecule has 0 amide bonds. The molecule has 1 radical (unpaired) electrons. The number of methoxy groups -OCH3 is 2. The first kappa shape index (κ1) is 12.4. The maximum atomic E-state index is 12.0. The van der Waals surface area contributed by atoms with E-state index in [9.17, 15) is 9.59 Å². The number of hydrogen-bond donors (Lipinski definition) is 0. The molecule has 0 unspecified atom stereocenters. The van der Waals surface area contributed by atoms with Gasteiger partial charge in [-0.25, -0.2) is 0 Å². The quantitative estimate of drug-likeness (QED) is 0.817. The molecule has 0 saturated heterocycles. The van der Waals surface area contributed by atoms with Crippen molar-refractivity contribution >= 4 is 11.6 Å². The Bertz CT molecular complexity index is 555. The summed E-state index contributed by atoms with van der Waals surface area (Å²) in [5, 5.41) is 0. The van der Waals surface area contributed by atoms with Crippen molar-refractivity contribution in [1.29, 1.82) is 0 Å². The van der Waals surface area contributed by atoms with Gasteiger partial charge in [-0.15, -0.1) is 0 Å². The highest BCUT2D eigenvalue weighted by Crippen LogP contribution is 2.37. The van der Waals surface area contributed by atoms with Crippen molar-refractivity contribution in [2.24, 2.45) is 0 Å². The van der Waals surface area contributed by atoms with E-state index < -0.39 is 0 Å². The minimum absolute atomic E-state index is 0.254. The van der Waals surface area contributed by atoms with Crippen molar-refractivity contribution in [3.05, 3.63) is 41.8 Å². The van der Waals surface area contributed by atoms with E-state index in [0.29, 0.717) is 17.9 Å². The van der Waals surface area contributed by atoms with Crippen LogP contribution in [0.15, 0.2) is 18.2 Å². The van der Waals surface area contributed by atoms with Crippen LogP contribution in [-0.4, -0.2) is 25.8 Å². The number of carbonyl (C=O) groups excluding carboxylic acids is 2. The van der Waals surface area contributed by atoms with Crippen molar-refractivity contribution in [1.82, 2.24) is 0 Å². The fourth-order valence-electron chi connectivity index (χ4n) is 2.07. The lowest BCUT2D eigenvalue weighted by atomic mass is 9.90. The summed E-state index contributed by atoms with van der Waals surface area (Å²) in [7, 11) is 2.93. The van der Waals surface area contributed by atoms with Crippen molar-refractivity contribution in [3.63, 3.8) is 0 Å². The predicted octanol–water partition coefficient (Wildman–Crippen LogP) is 2.02. The number of fused-ring (bicyclic) bond motifs is 1. The molecular weight excluding hydrogens is 232 g/mol. The average molecular weight is 245 g/mol. The molecule has 1 aliphatic carbocycles. The van der Waals surface area contributed by atoms with Gasteiger partial charge in [0.15, 0.2) is 11.6 Å². The highest BCUT2D eigenvalue weighted by atomic mass is 16.5. The fourth-order valence-corrected chi connectivity index (χ4v) is 2.07. The van der Waals surface area contributed by atoms with Crippen LogP contribution in [0.5, 0.6) is 11.5 Å². The SMILES string of the molecule is [CH2]Cc1cc(OC)c2c(c1OC)C(=O)C=CC2=O. The van der Waals surface area contributed by atoms with Gasteiger partial charge in [0.25, 0.3) is 0 Å². The summed E-state index contributed by atoms with van der Waals surface area (Å²) in [5.74, 6) is 0.279. The lowest BCUT2D eigenvalue weighted by molar-refractivity contribution is 0.0989. The van der Waals surface area contributed by atoms with Gasteiger partial charge in [-0.1, -0.05) is 0 Å². The number of ether oxygens (including phenoxy) is 2. The Kier molecular flexibility index (Phi) is 3.19. The standard InChI is InChI=1S/C14H13O4/c1-4-8-7-11(17-2)12-9(15)5-6-10(16)13(12)14(8)18-3/h5-7H,1,4H2,2-3H3. The van der Waals surface area contributed by atoms with E-state index in [1.807, 2.05) is 0 Å². The first-order valence-corrected chi connectivity index (χ1v) is 5.47. The molecule has 0 fully saturated rings. The molecule has 4 nitrogen and oxygen atoms in total. The number of carbonyl (C=O) groups is 2. The first-order valence-electron chi connectivity index (χ1n) is 5.47. The molecule has 0 bridgehead atoms. The second-order valence-electron chi connectivity index (χ2n) is 3.83. The molecular formula is C14H13O4. The van der Waals surface area contributed by atoms with E-state index in [4.69, 9.17) is 9.47 Å². The molecule has 0 spiro atoms. The normalized spacial score (nSPS) is 13.5. The zero-order valence-electron chi connectivity index (χ0n) is 10.3. The van der Waals surface area contributed by atoms with Gasteiger partial charge >= 0.3 is 0 Å². The topological polar surface area (TPSA) is 52.6 Å². The molecule has 0 heterocycles. The molecule has 93 valence electrons. The summed E-state index contributed by atoms with van der Waals surface area (Å²) in [6.07, 6.45) is 2.94. The zero-order valence-corrected chi connectivity index (χ0v) is 10.3. The van der Waals surface area contributed by atoms with Crippen LogP contribution < -0.4 is 9.47 Å². The van der Waals surface area contributed by atoms with E-state index in [2.05, 4.69) is 6.92 Å². The highest BCUT2D eigenvalue weighted by molar-refractivity contribution is 6.24. The van der Waals surface area contributed by atoms with Gasteiger partial charge in [-0.2, -0.15) is 0 Å². The van der Waals surface area contributed by atoms with E-state index in [1.54, 1.807) is 6.07 Å². The Labute approximate surface area is 105 Å². The maximum Gasteiger partial charge on any atom is 0.190 e. The number of benzene rings is 1. The Hall–Kier alpha value is -2.10. The molecule has 1 aromatic rings. The summed E-state index contributed by atoms with van der Waals surface area (Å²) >= 11 is 0. The molecule has 1 aromatic carbocycles. The van der Waals surface area contributed by atoms with Crippen LogP contribution >= 0.6 is 0 Å². The van der Waals surface area contributed by atoms with E-state index in [1.165, 1.54) is 26.4 Å². The Morgan fingerprint density at radius 1 is 1.06 bits per heavy atom. The Morgan fingerprint density at radius 2 is 1.67 bits per heavy atom. The lowest BCUT2D eigenvalue weighted by Gasteiger charge is -2.19. The third-order valence-corrected chi connectivity index (χ3v) is 2.89. The number of rotatable bonds is 3. The van der Waals surface area contributed by atoms with Gasteiger partial charge < -0.3 is 9.47 Å². The largest absolute Gasteiger partial charge is 0.496 e. The van der Waals surface area contributed by atoms with E-state index in [0.717, 1.165) is 5.56 Å². The van der Waals surface area contributed by atoms with Gasteiger partial charge in [0.05, 0.1) is 25.3 Å². The molecule has 0 N–H and O–H groups in total. The van der Waals surface area contributed by atoms with E-state index in [-0.39, 0.29) is 22.7 Å². The number of allylic oxidation sites excluding steroid dienone is 2. The second kappa shape index (κ2) is 4.64. The third-order valence-electron chi connectivity index (χ3n) is 2.89. The molecule has 2 rings (SSSR count). The van der Waals surface area contributed by atoms with Gasteiger partial charge in [-0.3, -0.25) is 9.59 Å². The summed E-state index contributed by atoms with van der Waals surface area (Å²) in [4.78, 5) is 23.8. The van der Waals surface area contributed by atoms with Crippen LogP contribution in [0.1, 0.15) is 26.3 Å². The molecule has 1 aliphatic rings. The second-order valence-corrected chi connectivity index (χ2v) is 3.83. The van der Waals surface area contributed by atoms with Gasteiger partial charge in [-0.05, 0) is 37.1 Å². The summed E-state index contributed by atoms with van der Waals surface area (Å²) in [5.41, 5.74) is 1.27. The average Bonchev–Trinajstić information content (AvgIpc) is 2.40. The zero-order chi connectivity index (χ0) is 13.3. The lowest BCUT2D eigenvalue weighted by Crippen LogP contribution is -2.16. The van der Waals surface area contributed by atoms with Crippen LogP contribution in [0, 0.1) is 6.92 Å². The molecule has 0 saturated carbocycles. The summed E-state index contributed by atoms with van der Waals surface area (Å²) < 4.78 is 10.4. The van der Waals surface area contributed by atoms with Crippen LogP contribution in [0.2, 0.25) is 0 Å². The van der Waals surface area contributed by atoms with Crippen molar-refractivity contribution in [3.8, 4) is 11.5 Å². The third kappa shape index (κ3) is 1.70. The Balaban J connectivity index is 2.83. The highest BCUT2D eigenvalue weighted by Gasteiger charge is 2.29. The van der Waals surface area contributed by atoms with E-state index >= 15 is 0 Å². The summed E-state index contributed by atoms with van der Waals surface area (Å²) in [6, 6.07) is 1.69. The van der Waals surface area contributed by atoms with Crippen molar-refractivity contribution < 1.29 is 19.1 Å². The summed E-state index contributed by atoms with van der Waals surface area (Å²) in [6.45, 7) is 3.78. The molecule has 0 aromatic heterocycles. The smallest absolute Gasteiger partial charge is 0.190 e. The monoisotopic (exact) mass is 245 g/mol. The Morgan fingerprint density at radius 3 is 2.17 bits per heavy atom. The van der Waals surface area contributed by atoms with Crippen LogP contribution in [0.25, 0.3) is 0 Å². The predicted molar refractivity (Wildman–Crippen MR) is 66.4 cm³/mol. The van der Waals surface area contributed by atoms with Gasteiger partial charge in [0.2, 0.25) is 0 Å². The van der Waals surface area contributed by atoms with Crippen LogP contribution in [0.4, 0.5) is 0 Å². The first-order chi connectivity index (χ1) is 8.63. The molecule has 0 atom stereocenters. The fraction of sp³-hybridized carbons (Fsp3) is 0.214. The van der Waals surface area contributed by atoms with Crippen molar-refractivity contribution in [2.75, 3.05) is 14.2 Å². The van der Waals surface area contributed by atoms with Crippen molar-refractivity contribution in [2.45, 2.75) is 6.42 Å². The number of ketones is 2.